The fraction of sp³-hybridized carbons (Fsp3) is 0.222. The molecule has 8 nitrogen and oxygen atoms in total. The van der Waals surface area contributed by atoms with Gasteiger partial charge >= 0.3 is 0 Å². The highest BCUT2D eigenvalue weighted by Crippen LogP contribution is 2.03. The Bertz CT molecular complexity index is 620. The first-order chi connectivity index (χ1) is 8.70. The van der Waals surface area contributed by atoms with Gasteiger partial charge in [0.15, 0.2) is 5.11 Å². The van der Waals surface area contributed by atoms with Crippen LogP contribution in [0.3, 0.4) is 0 Å². The van der Waals surface area contributed by atoms with Gasteiger partial charge < -0.3 is 16.4 Å². The molecule has 1 aromatic heterocycles. The minimum Gasteiger partial charge on any atom is -0.376 e. The summed E-state index contributed by atoms with van der Waals surface area (Å²) in [6.45, 7) is -0.319. The van der Waals surface area contributed by atoms with Gasteiger partial charge in [-0.15, -0.1) is 0 Å². The molecule has 1 aromatic rings. The number of carbonyl (C=O) groups is 2. The lowest BCUT2D eigenvalue weighted by molar-refractivity contribution is -0.118. The number of hydrogen-bond acceptors (Lipinski definition) is 5. The molecule has 0 aliphatic carbocycles. The molecule has 0 saturated carbocycles. The van der Waals surface area contributed by atoms with Crippen molar-refractivity contribution in [2.24, 2.45) is 5.73 Å². The zero-order chi connectivity index (χ0) is 14.6. The highest BCUT2D eigenvalue weighted by molar-refractivity contribution is 7.89. The number of amides is 2. The SMILES string of the molecule is CS(=O)(=O)n1ccc(C(=O)NCC(=O)NC(N)=S)c1. The van der Waals surface area contributed by atoms with E-state index in [2.05, 4.69) is 22.9 Å². The summed E-state index contributed by atoms with van der Waals surface area (Å²) in [6.07, 6.45) is 3.39. The lowest BCUT2D eigenvalue weighted by atomic mass is 10.3. The van der Waals surface area contributed by atoms with Crippen molar-refractivity contribution in [1.82, 2.24) is 14.6 Å². The molecule has 1 heterocycles. The van der Waals surface area contributed by atoms with Crippen LogP contribution in [-0.4, -0.2) is 42.1 Å². The van der Waals surface area contributed by atoms with Crippen LogP contribution in [0, 0.1) is 0 Å². The van der Waals surface area contributed by atoms with Crippen LogP contribution in [0.1, 0.15) is 10.4 Å². The van der Waals surface area contributed by atoms with E-state index in [0.717, 1.165) is 16.4 Å². The van der Waals surface area contributed by atoms with Gasteiger partial charge in [0.2, 0.25) is 15.9 Å². The van der Waals surface area contributed by atoms with Gasteiger partial charge in [-0.25, -0.2) is 8.42 Å². The maximum atomic E-state index is 11.6. The zero-order valence-corrected chi connectivity index (χ0v) is 11.5. The molecule has 10 heteroatoms. The van der Waals surface area contributed by atoms with E-state index >= 15 is 0 Å². The molecule has 19 heavy (non-hydrogen) atoms. The highest BCUT2D eigenvalue weighted by atomic mass is 32.2. The fourth-order valence-electron chi connectivity index (χ4n) is 1.16. The van der Waals surface area contributed by atoms with E-state index in [9.17, 15) is 18.0 Å². The molecule has 0 bridgehead atoms. The standard InChI is InChI=1S/C9H12N4O4S2/c1-19(16,17)13-3-2-6(5-13)8(15)11-4-7(14)12-9(10)18/h2-3,5H,4H2,1H3,(H,11,15)(H3,10,12,14,18). The van der Waals surface area contributed by atoms with Gasteiger partial charge in [-0.3, -0.25) is 13.6 Å². The third-order valence-corrected chi connectivity index (χ3v) is 3.08. The minimum absolute atomic E-state index is 0.119. The molecule has 0 unspecified atom stereocenters. The van der Waals surface area contributed by atoms with Crippen molar-refractivity contribution in [2.75, 3.05) is 12.8 Å². The number of hydrogen-bond donors (Lipinski definition) is 3. The van der Waals surface area contributed by atoms with Crippen molar-refractivity contribution < 1.29 is 18.0 Å². The third-order valence-electron chi connectivity index (χ3n) is 1.98. The smallest absolute Gasteiger partial charge is 0.253 e. The molecule has 4 N–H and O–H groups in total. The topological polar surface area (TPSA) is 123 Å². The van der Waals surface area contributed by atoms with E-state index < -0.39 is 21.8 Å². The number of thiocarbonyl (C=S) groups is 1. The second-order valence-electron chi connectivity index (χ2n) is 3.59. The lowest BCUT2D eigenvalue weighted by Gasteiger charge is -2.04. The first kappa shape index (κ1) is 15.1. The van der Waals surface area contributed by atoms with Crippen LogP contribution in [0.4, 0.5) is 0 Å². The molecule has 0 fully saturated rings. The summed E-state index contributed by atoms with van der Waals surface area (Å²) in [6, 6.07) is 1.32. The monoisotopic (exact) mass is 304 g/mol. The second kappa shape index (κ2) is 5.80. The van der Waals surface area contributed by atoms with Gasteiger partial charge in [0, 0.05) is 12.4 Å². The Labute approximate surface area is 115 Å². The molecule has 0 aromatic carbocycles. The van der Waals surface area contributed by atoms with Gasteiger partial charge in [-0.1, -0.05) is 0 Å². The largest absolute Gasteiger partial charge is 0.376 e. The normalized spacial score (nSPS) is 10.8. The van der Waals surface area contributed by atoms with E-state index in [4.69, 9.17) is 5.73 Å². The summed E-state index contributed by atoms with van der Waals surface area (Å²) >= 11 is 4.45. The molecule has 0 aliphatic rings. The molecule has 0 aliphatic heterocycles. The summed E-state index contributed by atoms with van der Waals surface area (Å²) in [5, 5.41) is 4.24. The predicted molar refractivity (Wildman–Crippen MR) is 71.9 cm³/mol. The van der Waals surface area contributed by atoms with Gasteiger partial charge in [0.1, 0.15) is 0 Å². The quantitative estimate of drug-likeness (QED) is 0.575. The minimum atomic E-state index is -3.44. The highest BCUT2D eigenvalue weighted by Gasteiger charge is 2.12. The number of rotatable bonds is 4. The van der Waals surface area contributed by atoms with Gasteiger partial charge in [0.05, 0.1) is 18.4 Å². The van der Waals surface area contributed by atoms with E-state index in [-0.39, 0.29) is 17.2 Å². The molecule has 0 saturated heterocycles. The number of carbonyl (C=O) groups excluding carboxylic acids is 2. The summed E-state index contributed by atoms with van der Waals surface area (Å²) in [4.78, 5) is 22.8. The van der Waals surface area contributed by atoms with Crippen LogP contribution in [-0.2, 0) is 14.8 Å². The van der Waals surface area contributed by atoms with Crippen molar-refractivity contribution >= 4 is 39.2 Å². The van der Waals surface area contributed by atoms with Crippen LogP contribution in [0.25, 0.3) is 0 Å². The number of nitrogens with two attached hydrogens (primary N) is 1. The van der Waals surface area contributed by atoms with Crippen molar-refractivity contribution in [1.29, 1.82) is 0 Å². The van der Waals surface area contributed by atoms with Crippen LogP contribution in [0.5, 0.6) is 0 Å². The molecule has 0 radical (unpaired) electrons. The molecule has 0 spiro atoms. The summed E-state index contributed by atoms with van der Waals surface area (Å²) in [7, 11) is -3.44. The number of nitrogens with one attached hydrogen (secondary N) is 2. The van der Waals surface area contributed by atoms with E-state index in [1.54, 1.807) is 0 Å². The second-order valence-corrected chi connectivity index (χ2v) is 5.92. The van der Waals surface area contributed by atoms with Crippen molar-refractivity contribution in [2.45, 2.75) is 0 Å². The van der Waals surface area contributed by atoms with Crippen molar-refractivity contribution in [3.8, 4) is 0 Å². The van der Waals surface area contributed by atoms with Gasteiger partial charge in [0.25, 0.3) is 5.91 Å². The molecule has 0 atom stereocenters. The van der Waals surface area contributed by atoms with E-state index in [0.29, 0.717) is 0 Å². The number of aromatic nitrogens is 1. The summed E-state index contributed by atoms with van der Waals surface area (Å²) < 4.78 is 23.3. The van der Waals surface area contributed by atoms with Gasteiger partial charge in [-0.2, -0.15) is 0 Å². The zero-order valence-electron chi connectivity index (χ0n) is 9.91. The predicted octanol–water partition coefficient (Wildman–Crippen LogP) is -1.61. The third kappa shape index (κ3) is 4.67. The molecule has 2 amide bonds. The Morgan fingerprint density at radius 2 is 2.11 bits per heavy atom. The van der Waals surface area contributed by atoms with Crippen LogP contribution in [0.15, 0.2) is 18.5 Å². The Morgan fingerprint density at radius 1 is 1.47 bits per heavy atom. The van der Waals surface area contributed by atoms with Crippen molar-refractivity contribution in [3.63, 3.8) is 0 Å². The molecule has 104 valence electrons. The van der Waals surface area contributed by atoms with Crippen LogP contribution < -0.4 is 16.4 Å². The number of nitrogens with zero attached hydrogens (tertiary/aromatic N) is 1. The van der Waals surface area contributed by atoms with E-state index in [1.807, 2.05) is 0 Å². The Morgan fingerprint density at radius 3 is 2.58 bits per heavy atom. The Hall–Kier alpha value is -1.94. The fourth-order valence-corrected chi connectivity index (χ4v) is 1.86. The van der Waals surface area contributed by atoms with E-state index in [1.165, 1.54) is 12.3 Å². The summed E-state index contributed by atoms with van der Waals surface area (Å²) in [5.74, 6) is -1.15. The van der Waals surface area contributed by atoms with Gasteiger partial charge in [-0.05, 0) is 18.3 Å². The Balaban J connectivity index is 2.62. The van der Waals surface area contributed by atoms with Crippen molar-refractivity contribution in [3.05, 3.63) is 24.0 Å². The van der Waals surface area contributed by atoms with Crippen LogP contribution >= 0.6 is 12.2 Å². The molecular formula is C9H12N4O4S2. The summed E-state index contributed by atoms with van der Waals surface area (Å²) in [5.41, 5.74) is 5.20. The maximum Gasteiger partial charge on any atom is 0.253 e. The first-order valence-electron chi connectivity index (χ1n) is 4.96. The Kier molecular flexibility index (Phi) is 4.62. The average molecular weight is 304 g/mol. The molecular weight excluding hydrogens is 292 g/mol. The lowest BCUT2D eigenvalue weighted by Crippen LogP contribution is -2.41. The maximum absolute atomic E-state index is 11.6. The average Bonchev–Trinajstić information content (AvgIpc) is 2.73. The molecule has 1 rings (SSSR count). The van der Waals surface area contributed by atoms with Crippen LogP contribution in [0.2, 0.25) is 0 Å². The first-order valence-corrected chi connectivity index (χ1v) is 7.22.